The molecule has 0 fully saturated rings. The molecule has 2 aromatic carbocycles. The number of pyridine rings is 2. The summed E-state index contributed by atoms with van der Waals surface area (Å²) < 4.78 is 0. The molecule has 5 nitrogen and oxygen atoms in total. The standard InChI is InChI=1S/C31H31N5/c32-19-26-6-3-7-27(18-26)23-36(30-11-4-8-28-9-5-17-35-31(28)30)22-25-14-12-24(13-15-25)20-33-21-29-10-1-2-16-34-29/h1-3,5-7,9-10,12-18,30,33H,4,8,11,20-23H2. The number of nitrogens with zero attached hydrogens (tertiary/aromatic N) is 4. The Morgan fingerprint density at radius 2 is 1.67 bits per heavy atom. The Morgan fingerprint density at radius 1 is 0.833 bits per heavy atom. The lowest BCUT2D eigenvalue weighted by atomic mass is 9.90. The number of nitriles is 1. The van der Waals surface area contributed by atoms with Gasteiger partial charge in [0.05, 0.1) is 29.1 Å². The van der Waals surface area contributed by atoms with E-state index in [1.54, 1.807) is 0 Å². The van der Waals surface area contributed by atoms with Crippen LogP contribution in [0.15, 0.2) is 91.3 Å². The zero-order valence-corrected chi connectivity index (χ0v) is 20.5. The normalized spacial score (nSPS) is 14.8. The molecule has 1 atom stereocenters. The highest BCUT2D eigenvalue weighted by molar-refractivity contribution is 5.33. The summed E-state index contributed by atoms with van der Waals surface area (Å²) in [6.45, 7) is 3.18. The van der Waals surface area contributed by atoms with Gasteiger partial charge in [0.15, 0.2) is 0 Å². The third-order valence-electron chi connectivity index (χ3n) is 6.82. The Morgan fingerprint density at radius 3 is 2.50 bits per heavy atom. The number of fused-ring (bicyclic) bond motifs is 1. The van der Waals surface area contributed by atoms with Crippen molar-refractivity contribution < 1.29 is 0 Å². The van der Waals surface area contributed by atoms with Crippen molar-refractivity contribution in [2.45, 2.75) is 51.5 Å². The second-order valence-electron chi connectivity index (χ2n) is 9.41. The molecule has 0 bridgehead atoms. The second-order valence-corrected chi connectivity index (χ2v) is 9.41. The fourth-order valence-electron chi connectivity index (χ4n) is 5.03. The first kappa shape index (κ1) is 23.9. The fraction of sp³-hybridized carbons (Fsp3) is 0.258. The molecular weight excluding hydrogens is 442 g/mol. The number of nitrogens with one attached hydrogen (secondary N) is 1. The Hall–Kier alpha value is -3.85. The average molecular weight is 474 g/mol. The molecule has 0 spiro atoms. The van der Waals surface area contributed by atoms with Crippen LogP contribution in [0, 0.1) is 11.3 Å². The fourth-order valence-corrected chi connectivity index (χ4v) is 5.03. The molecule has 36 heavy (non-hydrogen) atoms. The Labute approximate surface area is 213 Å². The Bertz CT molecular complexity index is 1310. The summed E-state index contributed by atoms with van der Waals surface area (Å²) in [6, 6.07) is 29.7. The molecular formula is C31H31N5. The van der Waals surface area contributed by atoms with E-state index < -0.39 is 0 Å². The highest BCUT2D eigenvalue weighted by Gasteiger charge is 2.27. The smallest absolute Gasteiger partial charge is 0.0991 e. The summed E-state index contributed by atoms with van der Waals surface area (Å²) in [5.41, 5.74) is 8.02. The second kappa shape index (κ2) is 11.7. The summed E-state index contributed by atoms with van der Waals surface area (Å²) >= 11 is 0. The van der Waals surface area contributed by atoms with Gasteiger partial charge in [0, 0.05) is 38.6 Å². The van der Waals surface area contributed by atoms with Gasteiger partial charge in [-0.25, -0.2) is 0 Å². The molecule has 0 saturated heterocycles. The number of benzene rings is 2. The van der Waals surface area contributed by atoms with Crippen LogP contribution in [0.5, 0.6) is 0 Å². The van der Waals surface area contributed by atoms with Gasteiger partial charge in [-0.2, -0.15) is 5.26 Å². The third-order valence-corrected chi connectivity index (χ3v) is 6.82. The molecule has 2 aromatic heterocycles. The van der Waals surface area contributed by atoms with Gasteiger partial charge >= 0.3 is 0 Å². The minimum Gasteiger partial charge on any atom is -0.307 e. The van der Waals surface area contributed by atoms with Gasteiger partial charge in [0.25, 0.3) is 0 Å². The third kappa shape index (κ3) is 6.04. The molecule has 0 radical (unpaired) electrons. The van der Waals surface area contributed by atoms with Crippen LogP contribution in [-0.2, 0) is 32.6 Å². The van der Waals surface area contributed by atoms with E-state index in [0.717, 1.165) is 50.3 Å². The maximum absolute atomic E-state index is 9.38. The topological polar surface area (TPSA) is 64.8 Å². The predicted octanol–water partition coefficient (Wildman–Crippen LogP) is 5.72. The predicted molar refractivity (Wildman–Crippen MR) is 142 cm³/mol. The first-order chi connectivity index (χ1) is 17.8. The van der Waals surface area contributed by atoms with Gasteiger partial charge in [-0.1, -0.05) is 48.5 Å². The lowest BCUT2D eigenvalue weighted by molar-refractivity contribution is 0.157. The molecule has 1 N–H and O–H groups in total. The summed E-state index contributed by atoms with van der Waals surface area (Å²) in [5, 5.41) is 12.9. The van der Waals surface area contributed by atoms with E-state index in [0.29, 0.717) is 5.56 Å². The van der Waals surface area contributed by atoms with Crippen molar-refractivity contribution in [3.05, 3.63) is 130 Å². The van der Waals surface area contributed by atoms with Crippen molar-refractivity contribution in [2.75, 3.05) is 0 Å². The monoisotopic (exact) mass is 473 g/mol. The highest BCUT2D eigenvalue weighted by atomic mass is 15.2. The number of hydrogen-bond donors (Lipinski definition) is 1. The molecule has 0 aliphatic heterocycles. The SMILES string of the molecule is N#Cc1cccc(CN(Cc2ccc(CNCc3ccccn3)cc2)C2CCCc3cccnc32)c1. The van der Waals surface area contributed by atoms with Crippen molar-refractivity contribution in [1.82, 2.24) is 20.2 Å². The molecule has 180 valence electrons. The van der Waals surface area contributed by atoms with Crippen LogP contribution in [0.2, 0.25) is 0 Å². The van der Waals surface area contributed by atoms with Gasteiger partial charge in [0.2, 0.25) is 0 Å². The first-order valence-corrected chi connectivity index (χ1v) is 12.6. The molecule has 4 aromatic rings. The minimum absolute atomic E-state index is 0.264. The molecule has 0 amide bonds. The van der Waals surface area contributed by atoms with Gasteiger partial charge in [-0.15, -0.1) is 0 Å². The van der Waals surface area contributed by atoms with Crippen LogP contribution in [0.4, 0.5) is 0 Å². The zero-order chi connectivity index (χ0) is 24.6. The van der Waals surface area contributed by atoms with E-state index in [4.69, 9.17) is 4.98 Å². The largest absolute Gasteiger partial charge is 0.307 e. The van der Waals surface area contributed by atoms with Crippen LogP contribution in [0.25, 0.3) is 0 Å². The Balaban J connectivity index is 1.31. The van der Waals surface area contributed by atoms with E-state index in [1.807, 2.05) is 54.9 Å². The zero-order valence-electron chi connectivity index (χ0n) is 20.5. The van der Waals surface area contributed by atoms with Gasteiger partial charge in [0.1, 0.15) is 0 Å². The van der Waals surface area contributed by atoms with Crippen LogP contribution in [-0.4, -0.2) is 14.9 Å². The molecule has 2 heterocycles. The van der Waals surface area contributed by atoms with Gasteiger partial charge in [-0.3, -0.25) is 14.9 Å². The molecule has 1 aliphatic carbocycles. The molecule has 5 heteroatoms. The van der Waals surface area contributed by atoms with E-state index in [1.165, 1.54) is 28.8 Å². The number of rotatable bonds is 9. The number of aryl methyl sites for hydroxylation is 1. The van der Waals surface area contributed by atoms with Gasteiger partial charge < -0.3 is 5.32 Å². The average Bonchev–Trinajstić information content (AvgIpc) is 2.94. The van der Waals surface area contributed by atoms with Crippen molar-refractivity contribution in [3.8, 4) is 6.07 Å². The van der Waals surface area contributed by atoms with E-state index >= 15 is 0 Å². The molecule has 5 rings (SSSR count). The quantitative estimate of drug-likeness (QED) is 0.337. The van der Waals surface area contributed by atoms with E-state index in [9.17, 15) is 5.26 Å². The van der Waals surface area contributed by atoms with Crippen LogP contribution in [0.1, 0.15) is 58.1 Å². The maximum Gasteiger partial charge on any atom is 0.0991 e. The highest BCUT2D eigenvalue weighted by Crippen LogP contribution is 2.34. The van der Waals surface area contributed by atoms with Crippen molar-refractivity contribution in [2.24, 2.45) is 0 Å². The maximum atomic E-state index is 9.38. The summed E-state index contributed by atoms with van der Waals surface area (Å²) in [6.07, 6.45) is 7.10. The molecule has 1 unspecified atom stereocenters. The molecule has 0 saturated carbocycles. The van der Waals surface area contributed by atoms with Crippen molar-refractivity contribution in [3.63, 3.8) is 0 Å². The minimum atomic E-state index is 0.264. The summed E-state index contributed by atoms with van der Waals surface area (Å²) in [5.74, 6) is 0. The van der Waals surface area contributed by atoms with E-state index in [-0.39, 0.29) is 6.04 Å². The summed E-state index contributed by atoms with van der Waals surface area (Å²) in [4.78, 5) is 11.7. The van der Waals surface area contributed by atoms with Crippen LogP contribution >= 0.6 is 0 Å². The van der Waals surface area contributed by atoms with Gasteiger partial charge in [-0.05, 0) is 71.8 Å². The summed E-state index contributed by atoms with van der Waals surface area (Å²) in [7, 11) is 0. The number of aromatic nitrogens is 2. The van der Waals surface area contributed by atoms with E-state index in [2.05, 4.69) is 57.7 Å². The Kier molecular flexibility index (Phi) is 7.77. The van der Waals surface area contributed by atoms with Crippen molar-refractivity contribution >= 4 is 0 Å². The number of hydrogen-bond acceptors (Lipinski definition) is 5. The molecule has 1 aliphatic rings. The lowest BCUT2D eigenvalue weighted by Crippen LogP contribution is -2.31. The van der Waals surface area contributed by atoms with Crippen LogP contribution in [0.3, 0.4) is 0 Å². The lowest BCUT2D eigenvalue weighted by Gasteiger charge is -2.35. The first-order valence-electron chi connectivity index (χ1n) is 12.6. The van der Waals surface area contributed by atoms with Crippen LogP contribution < -0.4 is 5.32 Å². The van der Waals surface area contributed by atoms with Crippen molar-refractivity contribution in [1.29, 1.82) is 5.26 Å².